The van der Waals surface area contributed by atoms with Crippen molar-refractivity contribution in [3.63, 3.8) is 0 Å². The van der Waals surface area contributed by atoms with Crippen LogP contribution < -0.4 is 5.32 Å². The SMILES string of the molecule is CNCC1(c2ccccc2Br)COC1. The van der Waals surface area contributed by atoms with Gasteiger partial charge < -0.3 is 10.1 Å². The smallest absolute Gasteiger partial charge is 0.0598 e. The van der Waals surface area contributed by atoms with Gasteiger partial charge in [0.05, 0.1) is 18.6 Å². The number of nitrogens with one attached hydrogen (secondary N) is 1. The summed E-state index contributed by atoms with van der Waals surface area (Å²) in [5, 5.41) is 3.24. The Balaban J connectivity index is 2.32. The molecule has 14 heavy (non-hydrogen) atoms. The van der Waals surface area contributed by atoms with Crippen LogP contribution in [0, 0.1) is 0 Å². The maximum atomic E-state index is 5.34. The minimum atomic E-state index is 0.175. The first kappa shape index (κ1) is 10.1. The van der Waals surface area contributed by atoms with Gasteiger partial charge in [-0.05, 0) is 18.7 Å². The van der Waals surface area contributed by atoms with Gasteiger partial charge in [-0.25, -0.2) is 0 Å². The Morgan fingerprint density at radius 1 is 1.43 bits per heavy atom. The number of hydrogen-bond acceptors (Lipinski definition) is 2. The fourth-order valence-corrected chi connectivity index (χ4v) is 2.64. The summed E-state index contributed by atoms with van der Waals surface area (Å²) in [4.78, 5) is 0. The van der Waals surface area contributed by atoms with Crippen LogP contribution in [-0.2, 0) is 10.2 Å². The molecule has 0 radical (unpaired) electrons. The van der Waals surface area contributed by atoms with E-state index in [9.17, 15) is 0 Å². The zero-order valence-corrected chi connectivity index (χ0v) is 9.80. The molecule has 2 rings (SSSR count). The van der Waals surface area contributed by atoms with Crippen LogP contribution >= 0.6 is 15.9 Å². The Labute approximate surface area is 92.8 Å². The van der Waals surface area contributed by atoms with E-state index in [4.69, 9.17) is 4.74 Å². The van der Waals surface area contributed by atoms with E-state index in [-0.39, 0.29) is 5.41 Å². The van der Waals surface area contributed by atoms with Crippen LogP contribution in [-0.4, -0.2) is 26.8 Å². The fourth-order valence-electron chi connectivity index (χ4n) is 1.93. The molecule has 0 spiro atoms. The first-order chi connectivity index (χ1) is 6.78. The van der Waals surface area contributed by atoms with Crippen LogP contribution in [0.25, 0.3) is 0 Å². The summed E-state index contributed by atoms with van der Waals surface area (Å²) in [6.45, 7) is 2.60. The van der Waals surface area contributed by atoms with E-state index in [1.807, 2.05) is 13.1 Å². The number of likely N-dealkylation sites (N-methyl/N-ethyl adjacent to an activating group) is 1. The molecule has 1 N–H and O–H groups in total. The average Bonchev–Trinajstić information content (AvgIpc) is 2.13. The van der Waals surface area contributed by atoms with E-state index < -0.39 is 0 Å². The standard InChI is InChI=1S/C11H14BrNO/c1-13-6-11(7-14-8-11)9-4-2-3-5-10(9)12/h2-5,13H,6-8H2,1H3. The molecule has 1 aliphatic heterocycles. The topological polar surface area (TPSA) is 21.3 Å². The summed E-state index contributed by atoms with van der Waals surface area (Å²) in [5.41, 5.74) is 1.52. The van der Waals surface area contributed by atoms with Crippen molar-refractivity contribution in [3.05, 3.63) is 34.3 Å². The van der Waals surface area contributed by atoms with E-state index in [0.29, 0.717) is 0 Å². The molecule has 2 nitrogen and oxygen atoms in total. The van der Waals surface area contributed by atoms with Crippen molar-refractivity contribution in [1.29, 1.82) is 0 Å². The van der Waals surface area contributed by atoms with Gasteiger partial charge in [0.2, 0.25) is 0 Å². The van der Waals surface area contributed by atoms with Gasteiger partial charge in [-0.2, -0.15) is 0 Å². The third-order valence-electron chi connectivity index (χ3n) is 2.72. The van der Waals surface area contributed by atoms with Crippen molar-refractivity contribution < 1.29 is 4.74 Å². The Morgan fingerprint density at radius 2 is 2.14 bits per heavy atom. The highest BCUT2D eigenvalue weighted by molar-refractivity contribution is 9.10. The van der Waals surface area contributed by atoms with Gasteiger partial charge >= 0.3 is 0 Å². The van der Waals surface area contributed by atoms with Gasteiger partial charge in [-0.3, -0.25) is 0 Å². The molecule has 0 unspecified atom stereocenters. The highest BCUT2D eigenvalue weighted by atomic mass is 79.9. The van der Waals surface area contributed by atoms with Crippen LogP contribution in [0.15, 0.2) is 28.7 Å². The average molecular weight is 256 g/mol. The van der Waals surface area contributed by atoms with Crippen molar-refractivity contribution in [2.75, 3.05) is 26.8 Å². The second kappa shape index (κ2) is 4.01. The van der Waals surface area contributed by atoms with Crippen molar-refractivity contribution in [3.8, 4) is 0 Å². The first-order valence-electron chi connectivity index (χ1n) is 4.76. The minimum Gasteiger partial charge on any atom is -0.379 e. The summed E-state index contributed by atoms with van der Waals surface area (Å²) >= 11 is 3.59. The van der Waals surface area contributed by atoms with E-state index >= 15 is 0 Å². The van der Waals surface area contributed by atoms with Gasteiger partial charge in [-0.15, -0.1) is 0 Å². The van der Waals surface area contributed by atoms with Crippen LogP contribution in [0.4, 0.5) is 0 Å². The Hall–Kier alpha value is -0.380. The quantitative estimate of drug-likeness (QED) is 0.892. The Kier molecular flexibility index (Phi) is 2.91. The van der Waals surface area contributed by atoms with Gasteiger partial charge in [0, 0.05) is 11.0 Å². The first-order valence-corrected chi connectivity index (χ1v) is 5.55. The second-order valence-corrected chi connectivity index (χ2v) is 4.64. The second-order valence-electron chi connectivity index (χ2n) is 3.78. The molecule has 1 aliphatic rings. The zero-order valence-electron chi connectivity index (χ0n) is 8.22. The molecular weight excluding hydrogens is 242 g/mol. The lowest BCUT2D eigenvalue weighted by molar-refractivity contribution is -0.0586. The molecule has 1 saturated heterocycles. The lowest BCUT2D eigenvalue weighted by Gasteiger charge is -2.42. The van der Waals surface area contributed by atoms with Crippen molar-refractivity contribution in [1.82, 2.24) is 5.32 Å². The van der Waals surface area contributed by atoms with Gasteiger partial charge in [-0.1, -0.05) is 34.1 Å². The third kappa shape index (κ3) is 1.60. The molecule has 0 saturated carbocycles. The highest BCUT2D eigenvalue weighted by Gasteiger charge is 2.40. The normalized spacial score (nSPS) is 19.0. The van der Waals surface area contributed by atoms with Crippen molar-refractivity contribution in [2.45, 2.75) is 5.41 Å². The largest absolute Gasteiger partial charge is 0.379 e. The van der Waals surface area contributed by atoms with Gasteiger partial charge in [0.1, 0.15) is 0 Å². The van der Waals surface area contributed by atoms with Crippen molar-refractivity contribution in [2.24, 2.45) is 0 Å². The maximum absolute atomic E-state index is 5.34. The molecule has 0 amide bonds. The summed E-state index contributed by atoms with van der Waals surface area (Å²) in [6, 6.07) is 8.38. The number of rotatable bonds is 3. The number of benzene rings is 1. The fraction of sp³-hybridized carbons (Fsp3) is 0.455. The molecule has 0 bridgehead atoms. The summed E-state index contributed by atoms with van der Waals surface area (Å²) in [6.07, 6.45) is 0. The van der Waals surface area contributed by atoms with Crippen LogP contribution in [0.2, 0.25) is 0 Å². The summed E-state index contributed by atoms with van der Waals surface area (Å²) in [7, 11) is 1.98. The Morgan fingerprint density at radius 3 is 2.64 bits per heavy atom. The highest BCUT2D eigenvalue weighted by Crippen LogP contribution is 2.36. The molecule has 1 fully saturated rings. The molecule has 3 heteroatoms. The predicted octanol–water partition coefficient (Wildman–Crippen LogP) is 1.94. The van der Waals surface area contributed by atoms with Crippen LogP contribution in [0.5, 0.6) is 0 Å². The van der Waals surface area contributed by atoms with Gasteiger partial charge in [0.25, 0.3) is 0 Å². The van der Waals surface area contributed by atoms with E-state index in [2.05, 4.69) is 39.4 Å². The molecule has 0 aliphatic carbocycles. The summed E-state index contributed by atoms with van der Waals surface area (Å²) in [5.74, 6) is 0. The molecule has 1 aromatic carbocycles. The zero-order chi connectivity index (χ0) is 10.0. The van der Waals surface area contributed by atoms with E-state index in [1.165, 1.54) is 10.0 Å². The van der Waals surface area contributed by atoms with Crippen molar-refractivity contribution >= 4 is 15.9 Å². The monoisotopic (exact) mass is 255 g/mol. The molecular formula is C11H14BrNO. The molecule has 1 heterocycles. The third-order valence-corrected chi connectivity index (χ3v) is 3.41. The molecule has 1 aromatic rings. The lowest BCUT2D eigenvalue weighted by Crippen LogP contribution is -2.53. The van der Waals surface area contributed by atoms with E-state index in [1.54, 1.807) is 0 Å². The Bertz CT molecular complexity index is 323. The number of hydrogen-bond donors (Lipinski definition) is 1. The molecule has 76 valence electrons. The molecule has 0 aromatic heterocycles. The lowest BCUT2D eigenvalue weighted by atomic mass is 9.78. The van der Waals surface area contributed by atoms with Crippen LogP contribution in [0.1, 0.15) is 5.56 Å². The predicted molar refractivity (Wildman–Crippen MR) is 60.6 cm³/mol. The summed E-state index contributed by atoms with van der Waals surface area (Å²) < 4.78 is 6.52. The minimum absolute atomic E-state index is 0.175. The van der Waals surface area contributed by atoms with Gasteiger partial charge in [0.15, 0.2) is 0 Å². The van der Waals surface area contributed by atoms with E-state index in [0.717, 1.165) is 19.8 Å². The number of halogens is 1. The van der Waals surface area contributed by atoms with Crippen LogP contribution in [0.3, 0.4) is 0 Å². The maximum Gasteiger partial charge on any atom is 0.0598 e. The number of ether oxygens (including phenoxy) is 1. The molecule has 0 atom stereocenters.